The van der Waals surface area contributed by atoms with Crippen LogP contribution in [0.3, 0.4) is 0 Å². The lowest BCUT2D eigenvalue weighted by Gasteiger charge is -2.30. The molecule has 4 rings (SSSR count). The summed E-state index contributed by atoms with van der Waals surface area (Å²) in [5.74, 6) is -2.00. The summed E-state index contributed by atoms with van der Waals surface area (Å²) < 4.78 is 63.1. The highest BCUT2D eigenvalue weighted by Gasteiger charge is 2.42. The fourth-order valence-corrected chi connectivity index (χ4v) is 5.01. The van der Waals surface area contributed by atoms with E-state index < -0.39 is 51.4 Å². The summed E-state index contributed by atoms with van der Waals surface area (Å²) in [4.78, 5) is 31.8. The molecule has 10 nitrogen and oxygen atoms in total. The number of carbonyl (C=O) groups excluding carboxylic acids is 2. The van der Waals surface area contributed by atoms with Crippen molar-refractivity contribution < 1.29 is 36.0 Å². The van der Waals surface area contributed by atoms with Gasteiger partial charge in [0.15, 0.2) is 9.84 Å². The molecule has 1 aliphatic heterocycles. The summed E-state index contributed by atoms with van der Waals surface area (Å²) in [5, 5.41) is 6.51. The van der Waals surface area contributed by atoms with Crippen LogP contribution in [0, 0.1) is 11.7 Å². The number of hydrogen-bond donors (Lipinski definition) is 1. The van der Waals surface area contributed by atoms with E-state index in [1.807, 2.05) is 0 Å². The number of halogens is 2. The van der Waals surface area contributed by atoms with Gasteiger partial charge in [0.25, 0.3) is 0 Å². The highest BCUT2D eigenvalue weighted by molar-refractivity contribution is 7.90. The second-order valence-electron chi connectivity index (χ2n) is 10.9. The van der Waals surface area contributed by atoms with Gasteiger partial charge in [-0.1, -0.05) is 18.0 Å². The van der Waals surface area contributed by atoms with Gasteiger partial charge in [0.2, 0.25) is 17.6 Å². The number of alkyl halides is 1. The van der Waals surface area contributed by atoms with E-state index in [4.69, 9.17) is 9.26 Å². The van der Waals surface area contributed by atoms with Gasteiger partial charge >= 0.3 is 6.09 Å². The van der Waals surface area contributed by atoms with E-state index in [1.54, 1.807) is 20.8 Å². The molecule has 2 heterocycles. The van der Waals surface area contributed by atoms with Gasteiger partial charge in [0, 0.05) is 12.8 Å². The zero-order chi connectivity index (χ0) is 27.8. The van der Waals surface area contributed by atoms with Crippen molar-refractivity contribution in [1.82, 2.24) is 20.4 Å². The van der Waals surface area contributed by atoms with Crippen LogP contribution >= 0.6 is 0 Å². The van der Waals surface area contributed by atoms with Gasteiger partial charge in [-0.25, -0.2) is 22.0 Å². The van der Waals surface area contributed by atoms with Crippen LogP contribution in [0.2, 0.25) is 0 Å². The molecule has 208 valence electrons. The molecule has 1 N–H and O–H groups in total. The van der Waals surface area contributed by atoms with Crippen molar-refractivity contribution >= 4 is 21.8 Å². The molecule has 2 fully saturated rings. The Kier molecular flexibility index (Phi) is 7.78. The van der Waals surface area contributed by atoms with Gasteiger partial charge in [-0.15, -0.1) is 0 Å². The summed E-state index contributed by atoms with van der Waals surface area (Å²) in [6, 6.07) is 2.17. The number of likely N-dealkylation sites (tertiary alicyclic amines) is 1. The Labute approximate surface area is 220 Å². The quantitative estimate of drug-likeness (QED) is 0.523. The second-order valence-corrected chi connectivity index (χ2v) is 13.0. The molecule has 13 heteroatoms. The summed E-state index contributed by atoms with van der Waals surface area (Å²) in [5.41, 5.74) is -0.908. The highest BCUT2D eigenvalue weighted by atomic mass is 32.2. The molecule has 0 spiro atoms. The third-order valence-corrected chi connectivity index (χ3v) is 7.55. The topological polar surface area (TPSA) is 132 Å². The fraction of sp³-hybridized carbons (Fsp3) is 0.600. The molecule has 1 saturated heterocycles. The smallest absolute Gasteiger partial charge is 0.408 e. The average molecular weight is 555 g/mol. The summed E-state index contributed by atoms with van der Waals surface area (Å²) >= 11 is 0. The van der Waals surface area contributed by atoms with Crippen molar-refractivity contribution in [2.24, 2.45) is 5.92 Å². The van der Waals surface area contributed by atoms with Crippen molar-refractivity contribution in [2.45, 2.75) is 75.1 Å². The molecule has 1 saturated carbocycles. The van der Waals surface area contributed by atoms with Crippen LogP contribution in [0.4, 0.5) is 13.6 Å². The van der Waals surface area contributed by atoms with Crippen molar-refractivity contribution in [3.63, 3.8) is 0 Å². The average Bonchev–Trinajstić information content (AvgIpc) is 3.30. The van der Waals surface area contributed by atoms with Crippen molar-refractivity contribution in [1.29, 1.82) is 0 Å². The van der Waals surface area contributed by atoms with Gasteiger partial charge in [-0.05, 0) is 57.7 Å². The number of nitrogens with zero attached hydrogens (tertiary/aromatic N) is 3. The number of nitrogens with one attached hydrogen (secondary N) is 1. The Hall–Kier alpha value is -3.09. The van der Waals surface area contributed by atoms with E-state index in [-0.39, 0.29) is 47.6 Å². The van der Waals surface area contributed by atoms with Gasteiger partial charge in [0.05, 0.1) is 22.9 Å². The van der Waals surface area contributed by atoms with E-state index in [2.05, 4.69) is 15.5 Å². The van der Waals surface area contributed by atoms with Crippen LogP contribution in [0.25, 0.3) is 11.4 Å². The van der Waals surface area contributed by atoms with E-state index in [0.717, 1.165) is 25.2 Å². The monoisotopic (exact) mass is 554 g/mol. The molecule has 0 radical (unpaired) electrons. The van der Waals surface area contributed by atoms with Crippen LogP contribution in [0.5, 0.6) is 0 Å². The number of sulfone groups is 1. The van der Waals surface area contributed by atoms with Crippen molar-refractivity contribution in [3.8, 4) is 11.4 Å². The normalized spacial score (nSPS) is 19.7. The first-order chi connectivity index (χ1) is 17.7. The number of hydrogen-bond acceptors (Lipinski definition) is 8. The van der Waals surface area contributed by atoms with Crippen LogP contribution in [0.15, 0.2) is 27.6 Å². The predicted octanol–water partition coefficient (Wildman–Crippen LogP) is 3.63. The largest absolute Gasteiger partial charge is 0.444 e. The summed E-state index contributed by atoms with van der Waals surface area (Å²) in [6.45, 7) is 5.18. The number of amides is 2. The first-order valence-electron chi connectivity index (χ1n) is 12.5. The van der Waals surface area contributed by atoms with Gasteiger partial charge < -0.3 is 19.5 Å². The molecule has 1 aromatic carbocycles. The number of aromatic nitrogens is 2. The van der Waals surface area contributed by atoms with Crippen molar-refractivity contribution in [2.75, 3.05) is 19.3 Å². The van der Waals surface area contributed by atoms with E-state index >= 15 is 0 Å². The Balaban J connectivity index is 1.67. The lowest BCUT2D eigenvalue weighted by Crippen LogP contribution is -2.52. The minimum atomic E-state index is -3.62. The molecule has 2 aliphatic rings. The molecular weight excluding hydrogens is 522 g/mol. The maximum Gasteiger partial charge on any atom is 0.408 e. The van der Waals surface area contributed by atoms with Crippen LogP contribution in [-0.2, 0) is 19.4 Å². The number of rotatable bonds is 8. The molecule has 1 aromatic heterocycles. The maximum atomic E-state index is 14.8. The minimum Gasteiger partial charge on any atom is -0.444 e. The zero-order valence-corrected chi connectivity index (χ0v) is 22.6. The maximum absolute atomic E-state index is 14.8. The Morgan fingerprint density at radius 1 is 1.26 bits per heavy atom. The first-order valence-corrected chi connectivity index (χ1v) is 14.4. The lowest BCUT2D eigenvalue weighted by molar-refractivity contribution is -0.133. The van der Waals surface area contributed by atoms with Crippen LogP contribution in [-0.4, -0.2) is 72.6 Å². The molecule has 2 amide bonds. The Morgan fingerprint density at radius 2 is 1.97 bits per heavy atom. The molecular formula is C25H32F2N4O6S. The zero-order valence-electron chi connectivity index (χ0n) is 21.7. The lowest BCUT2D eigenvalue weighted by atomic mass is 9.92. The third-order valence-electron chi connectivity index (χ3n) is 6.44. The molecule has 2 aromatic rings. The molecule has 38 heavy (non-hydrogen) atoms. The second kappa shape index (κ2) is 10.6. The molecule has 0 unspecified atom stereocenters. The van der Waals surface area contributed by atoms with E-state index in [0.29, 0.717) is 6.42 Å². The van der Waals surface area contributed by atoms with Crippen molar-refractivity contribution in [3.05, 3.63) is 29.9 Å². The Morgan fingerprint density at radius 3 is 2.53 bits per heavy atom. The van der Waals surface area contributed by atoms with E-state index in [9.17, 15) is 26.8 Å². The van der Waals surface area contributed by atoms with Gasteiger partial charge in [-0.3, -0.25) is 4.79 Å². The summed E-state index contributed by atoms with van der Waals surface area (Å²) in [6.07, 6.45) is 1.45. The molecule has 0 bridgehead atoms. The highest BCUT2D eigenvalue weighted by Crippen LogP contribution is 2.40. The number of alkyl carbamates (subject to hydrolysis) is 1. The van der Waals surface area contributed by atoms with Crippen LogP contribution in [0.1, 0.15) is 58.3 Å². The number of carbonyl (C=O) groups is 2. The van der Waals surface area contributed by atoms with E-state index in [1.165, 1.54) is 17.0 Å². The fourth-order valence-electron chi connectivity index (χ4n) is 4.38. The number of ether oxygens (including phenoxy) is 1. The Bertz CT molecular complexity index is 1310. The third kappa shape index (κ3) is 6.86. The van der Waals surface area contributed by atoms with Crippen LogP contribution < -0.4 is 5.32 Å². The first kappa shape index (κ1) is 27.9. The standard InChI is InChI=1S/C25H32F2N4O6S/c1-25(2,3)36-24(33)28-20(23(32)31-10-9-15(26)13-31)18(11-14-5-6-14)22-29-21(30-37-22)17-8-7-16(12-19(17)27)38(4,34)35/h7-8,12,14-15,18,20H,5-6,9-11,13H2,1-4H3,(H,28,33)/t15-,18-,20-/m0/s1. The molecule has 1 aliphatic carbocycles. The van der Waals surface area contributed by atoms with Gasteiger partial charge in [-0.2, -0.15) is 4.98 Å². The minimum absolute atomic E-state index is 0.00361. The summed E-state index contributed by atoms with van der Waals surface area (Å²) in [7, 11) is -3.62. The molecule has 3 atom stereocenters. The predicted molar refractivity (Wildman–Crippen MR) is 132 cm³/mol. The number of benzene rings is 1. The van der Waals surface area contributed by atoms with Gasteiger partial charge in [0.1, 0.15) is 23.6 Å². The SMILES string of the molecule is CC(C)(C)OC(=O)N[C@H](C(=O)N1CC[C@H](F)C1)[C@H](CC1CC1)c1nc(-c2ccc(S(C)(=O)=O)cc2F)no1.